The standard InChI is InChI=1S/C8H10N4O2/c1-13-6-3-5-4-10-8(9)12(5)11-7(6)14-2/h3-4H,1-2H3,(H2,9,10). The Kier molecular flexibility index (Phi) is 1.88. The number of hydrogen-bond acceptors (Lipinski definition) is 5. The van der Waals surface area contributed by atoms with Crippen LogP contribution < -0.4 is 15.2 Å². The van der Waals surface area contributed by atoms with Crippen molar-refractivity contribution in [2.24, 2.45) is 0 Å². The predicted molar refractivity (Wildman–Crippen MR) is 50.5 cm³/mol. The molecule has 0 bridgehead atoms. The number of anilines is 1. The van der Waals surface area contributed by atoms with Crippen molar-refractivity contribution in [3.63, 3.8) is 0 Å². The maximum Gasteiger partial charge on any atom is 0.274 e. The molecule has 0 atom stereocenters. The number of rotatable bonds is 2. The van der Waals surface area contributed by atoms with Gasteiger partial charge >= 0.3 is 0 Å². The zero-order chi connectivity index (χ0) is 10.1. The Bertz CT molecular complexity index is 466. The predicted octanol–water partition coefficient (Wildman–Crippen LogP) is 0.329. The van der Waals surface area contributed by atoms with Crippen molar-refractivity contribution in [2.75, 3.05) is 20.0 Å². The normalized spacial score (nSPS) is 10.4. The first-order valence-corrected chi connectivity index (χ1v) is 3.98. The quantitative estimate of drug-likeness (QED) is 0.745. The molecule has 14 heavy (non-hydrogen) atoms. The first-order chi connectivity index (χ1) is 6.76. The summed E-state index contributed by atoms with van der Waals surface area (Å²) in [5.74, 6) is 1.26. The number of nitrogens with two attached hydrogens (primary N) is 1. The monoisotopic (exact) mass is 194 g/mol. The summed E-state index contributed by atoms with van der Waals surface area (Å²) in [4.78, 5) is 3.91. The topological polar surface area (TPSA) is 74.7 Å². The lowest BCUT2D eigenvalue weighted by Crippen LogP contribution is -2.02. The van der Waals surface area contributed by atoms with E-state index in [1.807, 2.05) is 0 Å². The molecule has 0 saturated carbocycles. The fourth-order valence-electron chi connectivity index (χ4n) is 1.21. The van der Waals surface area contributed by atoms with Crippen LogP contribution in [-0.4, -0.2) is 28.8 Å². The van der Waals surface area contributed by atoms with E-state index in [1.165, 1.54) is 11.6 Å². The molecular weight excluding hydrogens is 184 g/mol. The summed E-state index contributed by atoms with van der Waals surface area (Å²) < 4.78 is 11.6. The lowest BCUT2D eigenvalue weighted by atomic mass is 10.4. The second-order valence-corrected chi connectivity index (χ2v) is 2.68. The van der Waals surface area contributed by atoms with Crippen molar-refractivity contribution < 1.29 is 9.47 Å². The highest BCUT2D eigenvalue weighted by Gasteiger charge is 2.09. The molecule has 2 aromatic rings. The highest BCUT2D eigenvalue weighted by atomic mass is 16.5. The van der Waals surface area contributed by atoms with Gasteiger partial charge in [-0.05, 0) is 0 Å². The van der Waals surface area contributed by atoms with Crippen molar-refractivity contribution in [1.29, 1.82) is 0 Å². The van der Waals surface area contributed by atoms with Crippen molar-refractivity contribution in [2.45, 2.75) is 0 Å². The lowest BCUT2D eigenvalue weighted by Gasteiger charge is -2.06. The minimum absolute atomic E-state index is 0.320. The molecule has 0 fully saturated rings. The zero-order valence-electron chi connectivity index (χ0n) is 7.89. The summed E-state index contributed by atoms with van der Waals surface area (Å²) in [6, 6.07) is 1.76. The Morgan fingerprint density at radius 1 is 1.36 bits per heavy atom. The SMILES string of the molecule is COc1cc2cnc(N)n2nc1OC. The van der Waals surface area contributed by atoms with Gasteiger partial charge in [-0.3, -0.25) is 0 Å². The molecule has 0 unspecified atom stereocenters. The first-order valence-electron chi connectivity index (χ1n) is 3.98. The number of nitrogens with zero attached hydrogens (tertiary/aromatic N) is 3. The maximum atomic E-state index is 5.58. The molecule has 6 nitrogen and oxygen atoms in total. The summed E-state index contributed by atoms with van der Waals surface area (Å²) in [5, 5.41) is 4.11. The first kappa shape index (κ1) is 8.61. The van der Waals surface area contributed by atoms with Gasteiger partial charge in [0.15, 0.2) is 5.75 Å². The molecule has 0 aliphatic rings. The van der Waals surface area contributed by atoms with Crippen molar-refractivity contribution in [3.05, 3.63) is 12.3 Å². The van der Waals surface area contributed by atoms with Crippen molar-refractivity contribution in [1.82, 2.24) is 14.6 Å². The average molecular weight is 194 g/mol. The Balaban J connectivity index is 2.71. The number of hydrogen-bond donors (Lipinski definition) is 1. The number of ether oxygens (including phenoxy) is 2. The van der Waals surface area contributed by atoms with Crippen LogP contribution in [0.4, 0.5) is 5.95 Å². The molecule has 0 saturated heterocycles. The van der Waals surface area contributed by atoms with Gasteiger partial charge in [0.05, 0.1) is 25.9 Å². The average Bonchev–Trinajstić information content (AvgIpc) is 2.58. The van der Waals surface area contributed by atoms with Crippen LogP contribution in [0.15, 0.2) is 12.3 Å². The lowest BCUT2D eigenvalue weighted by molar-refractivity contribution is 0.338. The molecule has 0 amide bonds. The van der Waals surface area contributed by atoms with Crippen LogP contribution in [0.2, 0.25) is 0 Å². The van der Waals surface area contributed by atoms with Crippen LogP contribution in [0.5, 0.6) is 11.6 Å². The van der Waals surface area contributed by atoms with Crippen LogP contribution in [0.25, 0.3) is 5.52 Å². The zero-order valence-corrected chi connectivity index (χ0v) is 7.89. The molecule has 0 aromatic carbocycles. The third-order valence-electron chi connectivity index (χ3n) is 1.88. The number of imidazole rings is 1. The highest BCUT2D eigenvalue weighted by molar-refractivity contribution is 5.55. The fraction of sp³-hybridized carbons (Fsp3) is 0.250. The van der Waals surface area contributed by atoms with E-state index < -0.39 is 0 Å². The summed E-state index contributed by atoms with van der Waals surface area (Å²) in [6.45, 7) is 0. The van der Waals surface area contributed by atoms with E-state index in [4.69, 9.17) is 15.2 Å². The number of methoxy groups -OCH3 is 2. The molecular formula is C8H10N4O2. The van der Waals surface area contributed by atoms with Crippen molar-refractivity contribution >= 4 is 11.5 Å². The van der Waals surface area contributed by atoms with E-state index in [-0.39, 0.29) is 0 Å². The third kappa shape index (κ3) is 1.12. The van der Waals surface area contributed by atoms with Crippen LogP contribution in [0.3, 0.4) is 0 Å². The summed E-state index contributed by atoms with van der Waals surface area (Å²) in [5.41, 5.74) is 6.35. The van der Waals surface area contributed by atoms with Gasteiger partial charge in [-0.1, -0.05) is 0 Å². The van der Waals surface area contributed by atoms with Crippen molar-refractivity contribution in [3.8, 4) is 11.6 Å². The van der Waals surface area contributed by atoms with Crippen LogP contribution in [-0.2, 0) is 0 Å². The Morgan fingerprint density at radius 2 is 2.14 bits per heavy atom. The van der Waals surface area contributed by atoms with Gasteiger partial charge in [0.25, 0.3) is 5.88 Å². The van der Waals surface area contributed by atoms with Crippen LogP contribution in [0.1, 0.15) is 0 Å². The summed E-state index contributed by atoms with van der Waals surface area (Å²) in [7, 11) is 3.07. The second-order valence-electron chi connectivity index (χ2n) is 2.68. The van der Waals surface area contributed by atoms with E-state index in [0.717, 1.165) is 5.52 Å². The third-order valence-corrected chi connectivity index (χ3v) is 1.88. The van der Waals surface area contributed by atoms with Gasteiger partial charge < -0.3 is 15.2 Å². The van der Waals surface area contributed by atoms with E-state index in [9.17, 15) is 0 Å². The van der Waals surface area contributed by atoms with Crippen LogP contribution >= 0.6 is 0 Å². The molecule has 2 rings (SSSR count). The van der Waals surface area contributed by atoms with E-state index in [0.29, 0.717) is 17.6 Å². The Hall–Kier alpha value is -1.98. The van der Waals surface area contributed by atoms with Gasteiger partial charge in [0, 0.05) is 6.07 Å². The molecule has 2 heterocycles. The fourth-order valence-corrected chi connectivity index (χ4v) is 1.21. The molecule has 74 valence electrons. The molecule has 6 heteroatoms. The maximum absolute atomic E-state index is 5.58. The Labute approximate surface area is 80.3 Å². The smallest absolute Gasteiger partial charge is 0.274 e. The van der Waals surface area contributed by atoms with Gasteiger partial charge in [-0.15, -0.1) is 5.10 Å². The largest absolute Gasteiger partial charge is 0.491 e. The molecule has 0 aliphatic heterocycles. The molecule has 2 N–H and O–H groups in total. The van der Waals surface area contributed by atoms with E-state index >= 15 is 0 Å². The van der Waals surface area contributed by atoms with E-state index in [2.05, 4.69) is 10.1 Å². The van der Waals surface area contributed by atoms with Gasteiger partial charge in [-0.25, -0.2) is 4.98 Å². The minimum atomic E-state index is 0.320. The van der Waals surface area contributed by atoms with E-state index in [1.54, 1.807) is 19.4 Å². The van der Waals surface area contributed by atoms with Gasteiger partial charge in [0.2, 0.25) is 5.95 Å². The Morgan fingerprint density at radius 3 is 2.79 bits per heavy atom. The minimum Gasteiger partial charge on any atom is -0.491 e. The highest BCUT2D eigenvalue weighted by Crippen LogP contribution is 2.25. The number of fused-ring (bicyclic) bond motifs is 1. The molecule has 0 radical (unpaired) electrons. The number of nitrogen functional groups attached to an aromatic ring is 1. The summed E-state index contributed by atoms with van der Waals surface area (Å²) >= 11 is 0. The van der Waals surface area contributed by atoms with Gasteiger partial charge in [-0.2, -0.15) is 4.52 Å². The molecule has 0 spiro atoms. The number of aromatic nitrogens is 3. The van der Waals surface area contributed by atoms with Gasteiger partial charge in [0.1, 0.15) is 0 Å². The summed E-state index contributed by atoms with van der Waals surface area (Å²) in [6.07, 6.45) is 1.62. The molecule has 2 aromatic heterocycles. The van der Waals surface area contributed by atoms with Crippen LogP contribution in [0, 0.1) is 0 Å². The second kappa shape index (κ2) is 3.06. The molecule has 0 aliphatic carbocycles.